The third kappa shape index (κ3) is 2.50. The van der Waals surface area contributed by atoms with Crippen LogP contribution >= 0.6 is 0 Å². The van der Waals surface area contributed by atoms with E-state index in [0.29, 0.717) is 5.69 Å². The van der Waals surface area contributed by atoms with Gasteiger partial charge in [0.25, 0.3) is 0 Å². The van der Waals surface area contributed by atoms with Crippen LogP contribution in [-0.2, 0) is 7.05 Å². The van der Waals surface area contributed by atoms with Gasteiger partial charge in [0, 0.05) is 31.4 Å². The number of aromatic nitrogens is 1. The molecule has 0 aromatic carbocycles. The molecule has 4 heteroatoms. The molecule has 0 atom stereocenters. The zero-order valence-electron chi connectivity index (χ0n) is 10.5. The first-order chi connectivity index (χ1) is 8.22. The molecule has 0 spiro atoms. The monoisotopic (exact) mass is 230 g/mol. The Labute approximate surface area is 102 Å². The predicted octanol–water partition coefficient (Wildman–Crippen LogP) is 2.02. The normalized spacial score (nSPS) is 16.4. The molecule has 0 radical (unpaired) electrons. The molecule has 1 saturated heterocycles. The van der Waals surface area contributed by atoms with Crippen molar-refractivity contribution in [2.24, 2.45) is 12.1 Å². The molecule has 2 rings (SSSR count). The van der Waals surface area contributed by atoms with Crippen molar-refractivity contribution in [1.82, 2.24) is 9.58 Å². The Morgan fingerprint density at radius 1 is 1.35 bits per heavy atom. The number of hydrogen-bond acceptors (Lipinski definition) is 3. The van der Waals surface area contributed by atoms with Crippen molar-refractivity contribution in [2.75, 3.05) is 13.1 Å². The van der Waals surface area contributed by atoms with Gasteiger partial charge in [0.2, 0.25) is 0 Å². The first kappa shape index (κ1) is 11.7. The van der Waals surface area contributed by atoms with E-state index in [1.807, 2.05) is 30.8 Å². The molecule has 1 aromatic rings. The highest BCUT2D eigenvalue weighted by Gasteiger charge is 2.09. The van der Waals surface area contributed by atoms with Gasteiger partial charge in [-0.1, -0.05) is 0 Å². The molecule has 0 aliphatic carbocycles. The Morgan fingerprint density at radius 2 is 2.06 bits per heavy atom. The molecule has 0 unspecified atom stereocenters. The van der Waals surface area contributed by atoms with Crippen molar-refractivity contribution in [2.45, 2.75) is 26.2 Å². The van der Waals surface area contributed by atoms with E-state index in [2.05, 4.69) is 16.2 Å². The van der Waals surface area contributed by atoms with Gasteiger partial charge in [0.15, 0.2) is 0 Å². The second kappa shape index (κ2) is 5.05. The Morgan fingerprint density at radius 3 is 2.65 bits per heavy atom. The minimum absolute atomic E-state index is 0.683. The molecule has 1 aliphatic rings. The zero-order chi connectivity index (χ0) is 12.3. The van der Waals surface area contributed by atoms with Gasteiger partial charge in [-0.15, -0.1) is 0 Å². The summed E-state index contributed by atoms with van der Waals surface area (Å²) in [6.07, 6.45) is 5.65. The molecular weight excluding hydrogens is 212 g/mol. The minimum atomic E-state index is 0.683. The molecule has 4 nitrogen and oxygen atoms in total. The Kier molecular flexibility index (Phi) is 3.48. The standard InChI is InChI=1S/C13H18N4/c1-11-12(8-13(9-14)16(11)2)10-15-17-6-4-3-5-7-17/h8,10H,3-7H2,1-2H3/b15-10-. The maximum absolute atomic E-state index is 8.95. The van der Waals surface area contributed by atoms with E-state index in [0.717, 1.165) is 24.3 Å². The van der Waals surface area contributed by atoms with Crippen LogP contribution in [0.3, 0.4) is 0 Å². The van der Waals surface area contributed by atoms with Gasteiger partial charge in [0.05, 0.1) is 6.21 Å². The number of hydrogen-bond donors (Lipinski definition) is 0. The lowest BCUT2D eigenvalue weighted by Crippen LogP contribution is -2.24. The van der Waals surface area contributed by atoms with Gasteiger partial charge >= 0.3 is 0 Å². The maximum atomic E-state index is 8.95. The van der Waals surface area contributed by atoms with Crippen molar-refractivity contribution in [3.05, 3.63) is 23.0 Å². The fourth-order valence-electron chi connectivity index (χ4n) is 2.10. The van der Waals surface area contributed by atoms with Crippen LogP contribution in [0.2, 0.25) is 0 Å². The first-order valence-corrected chi connectivity index (χ1v) is 6.07. The summed E-state index contributed by atoms with van der Waals surface area (Å²) in [5.74, 6) is 0. The lowest BCUT2D eigenvalue weighted by atomic mass is 10.2. The maximum Gasteiger partial charge on any atom is 0.120 e. The summed E-state index contributed by atoms with van der Waals surface area (Å²) in [6, 6.07) is 4.07. The molecule has 90 valence electrons. The van der Waals surface area contributed by atoms with Crippen molar-refractivity contribution < 1.29 is 0 Å². The highest BCUT2D eigenvalue weighted by molar-refractivity contribution is 5.81. The van der Waals surface area contributed by atoms with Crippen molar-refractivity contribution in [1.29, 1.82) is 5.26 Å². The minimum Gasteiger partial charge on any atom is -0.339 e. The fraction of sp³-hybridized carbons (Fsp3) is 0.538. The summed E-state index contributed by atoms with van der Waals surface area (Å²) in [7, 11) is 1.91. The molecule has 17 heavy (non-hydrogen) atoms. The highest BCUT2D eigenvalue weighted by Crippen LogP contribution is 2.13. The molecule has 0 amide bonds. The summed E-state index contributed by atoms with van der Waals surface area (Å²) in [6.45, 7) is 4.11. The molecular formula is C13H18N4. The number of piperidine rings is 1. The van der Waals surface area contributed by atoms with Gasteiger partial charge in [-0.05, 0) is 32.3 Å². The predicted molar refractivity (Wildman–Crippen MR) is 67.9 cm³/mol. The third-order valence-corrected chi connectivity index (χ3v) is 3.38. The average molecular weight is 230 g/mol. The number of nitrogens with zero attached hydrogens (tertiary/aromatic N) is 4. The molecule has 1 aliphatic heterocycles. The second-order valence-corrected chi connectivity index (χ2v) is 4.50. The molecule has 0 saturated carbocycles. The summed E-state index contributed by atoms with van der Waals surface area (Å²) in [4.78, 5) is 0. The Balaban J connectivity index is 2.13. The highest BCUT2D eigenvalue weighted by atomic mass is 15.4. The Bertz CT molecular complexity index is 458. The van der Waals surface area contributed by atoms with Gasteiger partial charge in [0.1, 0.15) is 11.8 Å². The lowest BCUT2D eigenvalue weighted by Gasteiger charge is -2.23. The van der Waals surface area contributed by atoms with Crippen LogP contribution in [0.5, 0.6) is 0 Å². The zero-order valence-corrected chi connectivity index (χ0v) is 10.5. The topological polar surface area (TPSA) is 44.3 Å². The quantitative estimate of drug-likeness (QED) is 0.730. The van der Waals surface area contributed by atoms with Gasteiger partial charge in [-0.3, -0.25) is 5.01 Å². The van der Waals surface area contributed by atoms with E-state index < -0.39 is 0 Å². The molecule has 1 fully saturated rings. The number of hydrazone groups is 1. The molecule has 0 N–H and O–H groups in total. The van der Waals surface area contributed by atoms with Crippen LogP contribution in [0, 0.1) is 18.3 Å². The number of rotatable bonds is 2. The van der Waals surface area contributed by atoms with Crippen LogP contribution in [0.15, 0.2) is 11.2 Å². The molecule has 2 heterocycles. The summed E-state index contributed by atoms with van der Waals surface area (Å²) >= 11 is 0. The smallest absolute Gasteiger partial charge is 0.120 e. The van der Waals surface area contributed by atoms with E-state index >= 15 is 0 Å². The molecule has 0 bridgehead atoms. The van der Waals surface area contributed by atoms with Crippen LogP contribution in [0.25, 0.3) is 0 Å². The van der Waals surface area contributed by atoms with Gasteiger partial charge in [-0.2, -0.15) is 10.4 Å². The van der Waals surface area contributed by atoms with E-state index in [1.54, 1.807) is 0 Å². The lowest BCUT2D eigenvalue weighted by molar-refractivity contribution is 0.240. The van der Waals surface area contributed by atoms with E-state index in [9.17, 15) is 0 Å². The molecule has 1 aromatic heterocycles. The number of nitriles is 1. The second-order valence-electron chi connectivity index (χ2n) is 4.50. The Hall–Kier alpha value is -1.76. The van der Waals surface area contributed by atoms with Crippen LogP contribution in [-0.4, -0.2) is 28.9 Å². The average Bonchev–Trinajstić information content (AvgIpc) is 2.65. The summed E-state index contributed by atoms with van der Waals surface area (Å²) < 4.78 is 1.90. The summed E-state index contributed by atoms with van der Waals surface area (Å²) in [5.41, 5.74) is 2.81. The van der Waals surface area contributed by atoms with Gasteiger partial charge < -0.3 is 4.57 Å². The summed E-state index contributed by atoms with van der Waals surface area (Å²) in [5, 5.41) is 15.5. The van der Waals surface area contributed by atoms with E-state index in [-0.39, 0.29) is 0 Å². The van der Waals surface area contributed by atoms with Crippen LogP contribution in [0.1, 0.15) is 36.2 Å². The van der Waals surface area contributed by atoms with E-state index in [1.165, 1.54) is 19.3 Å². The third-order valence-electron chi connectivity index (χ3n) is 3.38. The van der Waals surface area contributed by atoms with Crippen molar-refractivity contribution >= 4 is 6.21 Å². The van der Waals surface area contributed by atoms with E-state index in [4.69, 9.17) is 5.26 Å². The SMILES string of the molecule is Cc1c(/C=N\N2CCCCC2)cc(C#N)n1C. The fourth-order valence-corrected chi connectivity index (χ4v) is 2.10. The van der Waals surface area contributed by atoms with Crippen LogP contribution < -0.4 is 0 Å². The van der Waals surface area contributed by atoms with Crippen molar-refractivity contribution in [3.63, 3.8) is 0 Å². The van der Waals surface area contributed by atoms with Crippen molar-refractivity contribution in [3.8, 4) is 6.07 Å². The first-order valence-electron chi connectivity index (χ1n) is 6.07. The largest absolute Gasteiger partial charge is 0.339 e. The van der Waals surface area contributed by atoms with Crippen LogP contribution in [0.4, 0.5) is 0 Å². The van der Waals surface area contributed by atoms with Gasteiger partial charge in [-0.25, -0.2) is 0 Å².